The summed E-state index contributed by atoms with van der Waals surface area (Å²) >= 11 is 0. The van der Waals surface area contributed by atoms with Gasteiger partial charge in [-0.05, 0) is 25.1 Å². The molecule has 0 amide bonds. The molecule has 0 atom stereocenters. The highest BCUT2D eigenvalue weighted by atomic mass is 35.5. The minimum atomic E-state index is 0. The second-order valence-electron chi connectivity index (χ2n) is 8.53. The van der Waals surface area contributed by atoms with E-state index in [1.165, 1.54) is 128 Å². The number of rotatable bonds is 20. The third-order valence-corrected chi connectivity index (χ3v) is 5.62. The highest BCUT2D eigenvalue weighted by Gasteiger charge is 1.95. The van der Waals surface area contributed by atoms with E-state index in [9.17, 15) is 0 Å². The zero-order valence-electron chi connectivity index (χ0n) is 20.2. The molecule has 0 unspecified atom stereocenters. The number of nitrogens with zero attached hydrogens (tertiary/aromatic N) is 1. The zero-order chi connectivity index (χ0) is 21.1. The molecule has 0 saturated heterocycles. The summed E-state index contributed by atoms with van der Waals surface area (Å²) in [5.41, 5.74) is 5.51. The highest BCUT2D eigenvalue weighted by Crippen LogP contribution is 2.14. The molecule has 3 heteroatoms. The number of aromatic nitrogens is 1. The van der Waals surface area contributed by atoms with Gasteiger partial charge in [-0.1, -0.05) is 135 Å². The summed E-state index contributed by atoms with van der Waals surface area (Å²) in [5.74, 6) is 0. The Morgan fingerprint density at radius 3 is 0.967 bits per heavy atom. The van der Waals surface area contributed by atoms with Crippen LogP contribution in [0.1, 0.15) is 135 Å². The second kappa shape index (κ2) is 30.6. The van der Waals surface area contributed by atoms with Crippen LogP contribution >= 0.6 is 12.4 Å². The molecule has 0 aliphatic heterocycles. The first kappa shape index (κ1) is 31.6. The maximum atomic E-state index is 5.51. The number of unbranched alkanes of at least 4 members (excludes halogenated alkanes) is 19. The standard InChI is InChI=1S/C22H47N.C5H5N.ClH/c1-2-3-4-5-6-7-8-9-10-11-12-13-14-15-16-17-18-19-20-21-22-23;1-2-4-6-5-3-1;/h2-23H2,1H3;1-5H;1H. The predicted octanol–water partition coefficient (Wildman–Crippen LogP) is 9.27. The smallest absolute Gasteiger partial charge is 0.0267 e. The molecule has 0 saturated carbocycles. The molecule has 1 aromatic heterocycles. The first-order chi connectivity index (χ1) is 14.4. The Morgan fingerprint density at radius 2 is 0.767 bits per heavy atom. The summed E-state index contributed by atoms with van der Waals surface area (Å²) in [4.78, 5) is 3.78. The van der Waals surface area contributed by atoms with Crippen molar-refractivity contribution in [2.75, 3.05) is 6.54 Å². The largest absolute Gasteiger partial charge is 0.330 e. The van der Waals surface area contributed by atoms with Gasteiger partial charge in [0.1, 0.15) is 0 Å². The molecule has 0 aliphatic rings. The van der Waals surface area contributed by atoms with Gasteiger partial charge in [0, 0.05) is 12.4 Å². The van der Waals surface area contributed by atoms with Crippen molar-refractivity contribution in [3.05, 3.63) is 30.6 Å². The average molecular weight is 441 g/mol. The summed E-state index contributed by atoms with van der Waals surface area (Å²) in [6.45, 7) is 3.17. The van der Waals surface area contributed by atoms with Gasteiger partial charge in [-0.2, -0.15) is 0 Å². The monoisotopic (exact) mass is 440 g/mol. The van der Waals surface area contributed by atoms with E-state index >= 15 is 0 Å². The fraction of sp³-hybridized carbons (Fsp3) is 0.815. The fourth-order valence-corrected chi connectivity index (χ4v) is 3.71. The third kappa shape index (κ3) is 29.6. The van der Waals surface area contributed by atoms with E-state index in [0.29, 0.717) is 0 Å². The van der Waals surface area contributed by atoms with Crippen molar-refractivity contribution in [2.45, 2.75) is 135 Å². The molecule has 1 heterocycles. The minimum Gasteiger partial charge on any atom is -0.330 e. The van der Waals surface area contributed by atoms with Gasteiger partial charge < -0.3 is 5.73 Å². The molecule has 0 radical (unpaired) electrons. The molecule has 0 aromatic carbocycles. The quantitative estimate of drug-likeness (QED) is 0.205. The Bertz CT molecular complexity index is 326. The van der Waals surface area contributed by atoms with Crippen LogP contribution in [0.4, 0.5) is 0 Å². The average Bonchev–Trinajstić information content (AvgIpc) is 2.77. The van der Waals surface area contributed by atoms with Crippen LogP contribution in [0.5, 0.6) is 0 Å². The summed E-state index contributed by atoms with van der Waals surface area (Å²) in [7, 11) is 0. The number of nitrogens with two attached hydrogens (primary N) is 1. The van der Waals surface area contributed by atoms with Gasteiger partial charge in [0.05, 0.1) is 0 Å². The van der Waals surface area contributed by atoms with Crippen molar-refractivity contribution in [1.82, 2.24) is 4.98 Å². The van der Waals surface area contributed by atoms with Gasteiger partial charge in [0.15, 0.2) is 0 Å². The SMILES string of the molecule is CCCCCCCCCCCCCCCCCCCCCCN.Cl.c1ccncc1. The summed E-state index contributed by atoms with van der Waals surface area (Å²) in [6.07, 6.45) is 32.3. The number of pyridine rings is 1. The van der Waals surface area contributed by atoms with Crippen LogP contribution in [0.25, 0.3) is 0 Å². The maximum Gasteiger partial charge on any atom is 0.0267 e. The number of hydrogen-bond acceptors (Lipinski definition) is 2. The summed E-state index contributed by atoms with van der Waals surface area (Å²) < 4.78 is 0. The van der Waals surface area contributed by atoms with E-state index in [0.717, 1.165) is 6.54 Å². The zero-order valence-corrected chi connectivity index (χ0v) is 21.0. The number of hydrogen-bond donors (Lipinski definition) is 1. The van der Waals surface area contributed by atoms with Gasteiger partial charge in [0.25, 0.3) is 0 Å². The lowest BCUT2D eigenvalue weighted by Gasteiger charge is -2.04. The van der Waals surface area contributed by atoms with E-state index in [1.807, 2.05) is 18.2 Å². The van der Waals surface area contributed by atoms with E-state index in [1.54, 1.807) is 12.4 Å². The van der Waals surface area contributed by atoms with E-state index < -0.39 is 0 Å². The summed E-state index contributed by atoms with van der Waals surface area (Å²) in [6, 6.07) is 5.72. The molecule has 2 nitrogen and oxygen atoms in total. The molecule has 2 N–H and O–H groups in total. The molecule has 0 bridgehead atoms. The van der Waals surface area contributed by atoms with Crippen molar-refractivity contribution in [2.24, 2.45) is 5.73 Å². The highest BCUT2D eigenvalue weighted by molar-refractivity contribution is 5.85. The molecule has 0 aliphatic carbocycles. The van der Waals surface area contributed by atoms with Crippen molar-refractivity contribution in [3.63, 3.8) is 0 Å². The predicted molar refractivity (Wildman–Crippen MR) is 139 cm³/mol. The molecule has 1 aromatic rings. The van der Waals surface area contributed by atoms with E-state index in [2.05, 4.69) is 11.9 Å². The molecule has 30 heavy (non-hydrogen) atoms. The van der Waals surface area contributed by atoms with Crippen LogP contribution in [0.15, 0.2) is 30.6 Å². The lowest BCUT2D eigenvalue weighted by atomic mass is 10.0. The van der Waals surface area contributed by atoms with Crippen LogP contribution in [-0.2, 0) is 0 Å². The maximum absolute atomic E-state index is 5.51. The Balaban J connectivity index is 0. The molecule has 178 valence electrons. The first-order valence-corrected chi connectivity index (χ1v) is 13.0. The summed E-state index contributed by atoms with van der Waals surface area (Å²) in [5, 5.41) is 0. The van der Waals surface area contributed by atoms with Crippen LogP contribution in [0.3, 0.4) is 0 Å². The Labute approximate surface area is 195 Å². The van der Waals surface area contributed by atoms with Gasteiger partial charge in [0.2, 0.25) is 0 Å². The van der Waals surface area contributed by atoms with Crippen molar-refractivity contribution in [3.8, 4) is 0 Å². The lowest BCUT2D eigenvalue weighted by Crippen LogP contribution is -1.97. The van der Waals surface area contributed by atoms with E-state index in [4.69, 9.17) is 5.73 Å². The van der Waals surface area contributed by atoms with Gasteiger partial charge in [-0.25, -0.2) is 0 Å². The van der Waals surface area contributed by atoms with Crippen molar-refractivity contribution >= 4 is 12.4 Å². The van der Waals surface area contributed by atoms with Gasteiger partial charge in [-0.15, -0.1) is 12.4 Å². The Hall–Kier alpha value is -0.600. The van der Waals surface area contributed by atoms with Crippen molar-refractivity contribution < 1.29 is 0 Å². The molecule has 1 rings (SSSR count). The third-order valence-electron chi connectivity index (χ3n) is 5.62. The van der Waals surface area contributed by atoms with Crippen molar-refractivity contribution in [1.29, 1.82) is 0 Å². The Kier molecular flexibility index (Phi) is 32.2. The molecule has 0 fully saturated rings. The Morgan fingerprint density at radius 1 is 0.467 bits per heavy atom. The molecular weight excluding hydrogens is 388 g/mol. The lowest BCUT2D eigenvalue weighted by molar-refractivity contribution is 0.522. The second-order valence-corrected chi connectivity index (χ2v) is 8.53. The van der Waals surface area contributed by atoms with Gasteiger partial charge in [-0.3, -0.25) is 4.98 Å². The normalized spacial score (nSPS) is 10.2. The van der Waals surface area contributed by atoms with Gasteiger partial charge >= 0.3 is 0 Å². The molecular formula is C27H53ClN2. The van der Waals surface area contributed by atoms with E-state index in [-0.39, 0.29) is 12.4 Å². The van der Waals surface area contributed by atoms with Crippen LogP contribution in [0.2, 0.25) is 0 Å². The van der Waals surface area contributed by atoms with Crippen LogP contribution < -0.4 is 5.73 Å². The fourth-order valence-electron chi connectivity index (χ4n) is 3.71. The first-order valence-electron chi connectivity index (χ1n) is 13.0. The molecule has 0 spiro atoms. The van der Waals surface area contributed by atoms with Crippen LogP contribution in [-0.4, -0.2) is 11.5 Å². The topological polar surface area (TPSA) is 38.9 Å². The minimum absolute atomic E-state index is 0. The van der Waals surface area contributed by atoms with Crippen LogP contribution in [0, 0.1) is 0 Å². The number of halogens is 1.